The molecule has 8 heteroatoms. The van der Waals surface area contributed by atoms with Gasteiger partial charge in [0.25, 0.3) is 0 Å². The van der Waals surface area contributed by atoms with E-state index in [1.165, 1.54) is 17.1 Å². The Hall–Kier alpha value is -0.860. The Labute approximate surface area is 147 Å². The molecule has 1 heterocycles. The molecule has 0 amide bonds. The van der Waals surface area contributed by atoms with E-state index in [9.17, 15) is 8.42 Å². The van der Waals surface area contributed by atoms with Gasteiger partial charge in [0.05, 0.1) is 19.0 Å². The molecule has 1 saturated heterocycles. The highest BCUT2D eigenvalue weighted by Crippen LogP contribution is 2.08. The molecule has 2 N–H and O–H groups in total. The number of hydrogen-bond acceptors (Lipinski definition) is 4. The van der Waals surface area contributed by atoms with Gasteiger partial charge in [-0.3, -0.25) is 4.99 Å². The average Bonchev–Trinajstić information content (AvgIpc) is 2.54. The summed E-state index contributed by atoms with van der Waals surface area (Å²) in [6.45, 7) is 8.77. The van der Waals surface area contributed by atoms with Crippen LogP contribution in [0.1, 0.15) is 40.0 Å². The number of nitrogens with one attached hydrogen (secondary N) is 2. The van der Waals surface area contributed by atoms with Crippen LogP contribution in [-0.2, 0) is 14.8 Å². The third-order valence-corrected chi connectivity index (χ3v) is 5.91. The molecular weight excluding hydrogens is 328 g/mol. The molecule has 1 aliphatic heterocycles. The molecule has 1 atom stereocenters. The Morgan fingerprint density at radius 1 is 1.21 bits per heavy atom. The van der Waals surface area contributed by atoms with Crippen LogP contribution in [0.2, 0.25) is 0 Å². The average molecular weight is 363 g/mol. The molecule has 7 nitrogen and oxygen atoms in total. The molecule has 1 unspecified atom stereocenters. The SMILES string of the molecule is CN=C(NCCS(=O)(=O)N1CCOCC1)NC(C)CCCC(C)C. The molecule has 1 aliphatic rings. The van der Waals surface area contributed by atoms with Crippen LogP contribution in [0.25, 0.3) is 0 Å². The second-order valence-corrected chi connectivity index (χ2v) is 8.79. The predicted molar refractivity (Wildman–Crippen MR) is 98.8 cm³/mol. The number of aliphatic imine (C=N–C) groups is 1. The van der Waals surface area contributed by atoms with Crippen molar-refractivity contribution in [2.45, 2.75) is 46.1 Å². The van der Waals surface area contributed by atoms with E-state index in [4.69, 9.17) is 4.74 Å². The van der Waals surface area contributed by atoms with Gasteiger partial charge in [-0.1, -0.05) is 26.7 Å². The number of ether oxygens (including phenoxy) is 1. The molecule has 0 radical (unpaired) electrons. The second-order valence-electron chi connectivity index (χ2n) is 6.70. The van der Waals surface area contributed by atoms with Crippen LogP contribution in [0.3, 0.4) is 0 Å². The maximum Gasteiger partial charge on any atom is 0.215 e. The number of rotatable bonds is 9. The van der Waals surface area contributed by atoms with Crippen molar-refractivity contribution in [1.29, 1.82) is 0 Å². The van der Waals surface area contributed by atoms with Gasteiger partial charge in [0.2, 0.25) is 10.0 Å². The minimum Gasteiger partial charge on any atom is -0.379 e. The Morgan fingerprint density at radius 2 is 1.88 bits per heavy atom. The van der Waals surface area contributed by atoms with Gasteiger partial charge in [0.15, 0.2) is 5.96 Å². The quantitative estimate of drug-likeness (QED) is 0.473. The summed E-state index contributed by atoms with van der Waals surface area (Å²) in [6.07, 6.45) is 3.47. The number of hydrogen-bond donors (Lipinski definition) is 2. The van der Waals surface area contributed by atoms with Crippen molar-refractivity contribution in [2.24, 2.45) is 10.9 Å². The minimum atomic E-state index is -3.23. The summed E-state index contributed by atoms with van der Waals surface area (Å²) < 4.78 is 31.2. The van der Waals surface area contributed by atoms with Gasteiger partial charge in [-0.05, 0) is 19.3 Å². The highest BCUT2D eigenvalue weighted by molar-refractivity contribution is 7.89. The first-order chi connectivity index (χ1) is 11.3. The van der Waals surface area contributed by atoms with Gasteiger partial charge in [0, 0.05) is 32.7 Å². The van der Waals surface area contributed by atoms with Crippen LogP contribution >= 0.6 is 0 Å². The molecule has 0 bridgehead atoms. The van der Waals surface area contributed by atoms with Crippen LogP contribution in [-0.4, -0.2) is 70.4 Å². The summed E-state index contributed by atoms with van der Waals surface area (Å²) in [5.74, 6) is 1.44. The highest BCUT2D eigenvalue weighted by atomic mass is 32.2. The van der Waals surface area contributed by atoms with Crippen molar-refractivity contribution < 1.29 is 13.2 Å². The molecule has 0 aliphatic carbocycles. The molecular formula is C16H34N4O3S. The fraction of sp³-hybridized carbons (Fsp3) is 0.938. The predicted octanol–water partition coefficient (Wildman–Crippen LogP) is 1.03. The van der Waals surface area contributed by atoms with Crippen molar-refractivity contribution in [3.05, 3.63) is 0 Å². The summed E-state index contributed by atoms with van der Waals surface area (Å²) in [6, 6.07) is 0.311. The molecule has 142 valence electrons. The molecule has 24 heavy (non-hydrogen) atoms. The molecule has 0 aromatic carbocycles. The molecule has 0 aromatic rings. The lowest BCUT2D eigenvalue weighted by molar-refractivity contribution is 0.0730. The van der Waals surface area contributed by atoms with Gasteiger partial charge in [0.1, 0.15) is 0 Å². The maximum absolute atomic E-state index is 12.3. The Balaban J connectivity index is 2.30. The number of morpholine rings is 1. The number of sulfonamides is 1. The lowest BCUT2D eigenvalue weighted by Crippen LogP contribution is -2.46. The van der Waals surface area contributed by atoms with Crippen molar-refractivity contribution in [3.8, 4) is 0 Å². The third-order valence-electron chi connectivity index (χ3n) is 4.04. The van der Waals surface area contributed by atoms with Crippen molar-refractivity contribution in [3.63, 3.8) is 0 Å². The highest BCUT2D eigenvalue weighted by Gasteiger charge is 2.23. The Kier molecular flexibility index (Phi) is 9.61. The molecule has 1 rings (SSSR count). The van der Waals surface area contributed by atoms with Crippen molar-refractivity contribution >= 4 is 16.0 Å². The lowest BCUT2D eigenvalue weighted by atomic mass is 10.0. The lowest BCUT2D eigenvalue weighted by Gasteiger charge is -2.26. The van der Waals surface area contributed by atoms with E-state index in [-0.39, 0.29) is 5.75 Å². The zero-order valence-corrected chi connectivity index (χ0v) is 16.4. The first-order valence-corrected chi connectivity index (χ1v) is 10.5. The number of guanidine groups is 1. The summed E-state index contributed by atoms with van der Waals surface area (Å²) >= 11 is 0. The molecule has 1 fully saturated rings. The van der Waals surface area contributed by atoms with E-state index in [0.717, 1.165) is 12.3 Å². The zero-order valence-electron chi connectivity index (χ0n) is 15.5. The smallest absolute Gasteiger partial charge is 0.215 e. The standard InChI is InChI=1S/C16H34N4O3S/c1-14(2)6-5-7-15(3)19-16(17-4)18-8-13-24(21,22)20-9-11-23-12-10-20/h14-15H,5-13H2,1-4H3,(H2,17,18,19). The monoisotopic (exact) mass is 362 g/mol. The minimum absolute atomic E-state index is 0.0649. The number of nitrogens with zero attached hydrogens (tertiary/aromatic N) is 2. The first kappa shape index (κ1) is 21.2. The van der Waals surface area contributed by atoms with E-state index in [1.807, 2.05) is 0 Å². The van der Waals surface area contributed by atoms with Crippen LogP contribution in [0.4, 0.5) is 0 Å². The van der Waals surface area contributed by atoms with Crippen LogP contribution in [0.15, 0.2) is 4.99 Å². The van der Waals surface area contributed by atoms with E-state index >= 15 is 0 Å². The zero-order chi connectivity index (χ0) is 18.0. The van der Waals surface area contributed by atoms with Crippen LogP contribution in [0.5, 0.6) is 0 Å². The second kappa shape index (κ2) is 10.9. The summed E-state index contributed by atoms with van der Waals surface area (Å²) in [4.78, 5) is 4.17. The van der Waals surface area contributed by atoms with Crippen molar-refractivity contribution in [2.75, 3.05) is 45.6 Å². The van der Waals surface area contributed by atoms with Gasteiger partial charge in [-0.25, -0.2) is 8.42 Å². The van der Waals surface area contributed by atoms with Gasteiger partial charge >= 0.3 is 0 Å². The fourth-order valence-corrected chi connectivity index (χ4v) is 3.91. The van der Waals surface area contributed by atoms with E-state index in [2.05, 4.69) is 36.4 Å². The largest absolute Gasteiger partial charge is 0.379 e. The van der Waals surface area contributed by atoms with Gasteiger partial charge < -0.3 is 15.4 Å². The fourth-order valence-electron chi connectivity index (χ4n) is 2.58. The van der Waals surface area contributed by atoms with E-state index in [1.54, 1.807) is 7.05 Å². The summed E-state index contributed by atoms with van der Waals surface area (Å²) in [5, 5.41) is 6.41. The molecule has 0 aromatic heterocycles. The maximum atomic E-state index is 12.3. The van der Waals surface area contributed by atoms with E-state index in [0.29, 0.717) is 44.8 Å². The first-order valence-electron chi connectivity index (χ1n) is 8.88. The Morgan fingerprint density at radius 3 is 2.46 bits per heavy atom. The third kappa shape index (κ3) is 8.30. The van der Waals surface area contributed by atoms with Crippen LogP contribution < -0.4 is 10.6 Å². The van der Waals surface area contributed by atoms with E-state index < -0.39 is 10.0 Å². The Bertz CT molecular complexity index is 474. The summed E-state index contributed by atoms with van der Waals surface area (Å²) in [7, 11) is -1.53. The van der Waals surface area contributed by atoms with Crippen LogP contribution in [0, 0.1) is 5.92 Å². The normalized spacial score (nSPS) is 18.6. The van der Waals surface area contributed by atoms with Gasteiger partial charge in [-0.15, -0.1) is 0 Å². The summed E-state index contributed by atoms with van der Waals surface area (Å²) in [5.41, 5.74) is 0. The topological polar surface area (TPSA) is 83.0 Å². The van der Waals surface area contributed by atoms with Crippen molar-refractivity contribution in [1.82, 2.24) is 14.9 Å². The molecule has 0 spiro atoms. The van der Waals surface area contributed by atoms with Gasteiger partial charge in [-0.2, -0.15) is 4.31 Å². The molecule has 0 saturated carbocycles.